The SMILES string of the molecule is COc1ccc(F)c2c1-c1sc(NC(N)=O)c(C(N)=O)c1CC2. The molecule has 0 aliphatic heterocycles. The third kappa shape index (κ3) is 2.40. The van der Waals surface area contributed by atoms with Crippen LogP contribution in [0.1, 0.15) is 21.5 Å². The maximum atomic E-state index is 14.1. The zero-order chi connectivity index (χ0) is 16.7. The number of methoxy groups -OCH3 is 1. The number of nitrogens with one attached hydrogen (secondary N) is 1. The Hall–Kier alpha value is -2.61. The molecule has 0 unspecified atom stereocenters. The lowest BCUT2D eigenvalue weighted by molar-refractivity contribution is 0.100. The number of primary amides is 2. The average Bonchev–Trinajstić information content (AvgIpc) is 2.85. The molecule has 2 aromatic rings. The van der Waals surface area contributed by atoms with Crippen molar-refractivity contribution < 1.29 is 18.7 Å². The van der Waals surface area contributed by atoms with Gasteiger partial charge < -0.3 is 16.2 Å². The van der Waals surface area contributed by atoms with E-state index in [1.165, 1.54) is 19.2 Å². The van der Waals surface area contributed by atoms with Crippen molar-refractivity contribution in [3.05, 3.63) is 34.6 Å². The molecule has 0 fully saturated rings. The second kappa shape index (κ2) is 5.54. The summed E-state index contributed by atoms with van der Waals surface area (Å²) >= 11 is 1.14. The smallest absolute Gasteiger partial charge is 0.317 e. The molecule has 8 heteroatoms. The topological polar surface area (TPSA) is 107 Å². The Morgan fingerprint density at radius 3 is 2.57 bits per heavy atom. The van der Waals surface area contributed by atoms with Crippen LogP contribution in [0, 0.1) is 5.82 Å². The highest BCUT2D eigenvalue weighted by Gasteiger charge is 2.31. The molecule has 1 aliphatic rings. The Morgan fingerprint density at radius 2 is 1.96 bits per heavy atom. The van der Waals surface area contributed by atoms with Crippen LogP contribution < -0.4 is 21.5 Å². The highest BCUT2D eigenvalue weighted by atomic mass is 32.1. The van der Waals surface area contributed by atoms with Crippen LogP contribution >= 0.6 is 11.3 Å². The molecule has 1 aliphatic carbocycles. The van der Waals surface area contributed by atoms with Gasteiger partial charge in [0.25, 0.3) is 5.91 Å². The van der Waals surface area contributed by atoms with Crippen LogP contribution in [0.15, 0.2) is 12.1 Å². The van der Waals surface area contributed by atoms with Gasteiger partial charge in [-0.15, -0.1) is 11.3 Å². The average molecular weight is 335 g/mol. The van der Waals surface area contributed by atoms with E-state index in [1.54, 1.807) is 0 Å². The molecular formula is C15H14FN3O3S. The number of rotatable bonds is 3. The molecule has 1 aromatic heterocycles. The summed E-state index contributed by atoms with van der Waals surface area (Å²) in [6.45, 7) is 0. The fourth-order valence-corrected chi connectivity index (χ4v) is 4.22. The zero-order valence-electron chi connectivity index (χ0n) is 12.2. The third-order valence-electron chi connectivity index (χ3n) is 3.78. The number of anilines is 1. The molecule has 5 N–H and O–H groups in total. The number of hydrogen-bond acceptors (Lipinski definition) is 4. The normalized spacial score (nSPS) is 12.3. The van der Waals surface area contributed by atoms with Gasteiger partial charge in [-0.25, -0.2) is 9.18 Å². The lowest BCUT2D eigenvalue weighted by Crippen LogP contribution is -2.22. The van der Waals surface area contributed by atoms with E-state index >= 15 is 0 Å². The zero-order valence-corrected chi connectivity index (χ0v) is 13.1. The van der Waals surface area contributed by atoms with E-state index in [2.05, 4.69) is 5.32 Å². The van der Waals surface area contributed by atoms with Gasteiger partial charge in [-0.3, -0.25) is 10.1 Å². The van der Waals surface area contributed by atoms with Gasteiger partial charge in [-0.1, -0.05) is 0 Å². The fraction of sp³-hybridized carbons (Fsp3) is 0.200. The molecule has 0 atom stereocenters. The van der Waals surface area contributed by atoms with Crippen LogP contribution in [0.2, 0.25) is 0 Å². The number of hydrogen-bond donors (Lipinski definition) is 3. The first-order valence-corrected chi connectivity index (χ1v) is 7.63. The first-order chi connectivity index (χ1) is 10.9. The van der Waals surface area contributed by atoms with Crippen molar-refractivity contribution in [2.45, 2.75) is 12.8 Å². The van der Waals surface area contributed by atoms with Crippen molar-refractivity contribution in [1.82, 2.24) is 0 Å². The number of amides is 3. The van der Waals surface area contributed by atoms with E-state index in [0.29, 0.717) is 40.2 Å². The van der Waals surface area contributed by atoms with Crippen LogP contribution in [-0.2, 0) is 12.8 Å². The van der Waals surface area contributed by atoms with Crippen LogP contribution in [0.25, 0.3) is 10.4 Å². The van der Waals surface area contributed by atoms with Crippen molar-refractivity contribution in [3.63, 3.8) is 0 Å². The van der Waals surface area contributed by atoms with Crippen molar-refractivity contribution in [2.75, 3.05) is 12.4 Å². The largest absolute Gasteiger partial charge is 0.496 e. The lowest BCUT2D eigenvalue weighted by atomic mass is 9.88. The van der Waals surface area contributed by atoms with Crippen molar-refractivity contribution >= 4 is 28.3 Å². The van der Waals surface area contributed by atoms with E-state index in [-0.39, 0.29) is 16.4 Å². The molecule has 3 amide bonds. The maximum Gasteiger partial charge on any atom is 0.317 e. The molecule has 0 bridgehead atoms. The quantitative estimate of drug-likeness (QED) is 0.800. The molecule has 0 spiro atoms. The number of fused-ring (bicyclic) bond motifs is 3. The van der Waals surface area contributed by atoms with E-state index in [1.807, 2.05) is 0 Å². The minimum atomic E-state index is -0.794. The summed E-state index contributed by atoms with van der Waals surface area (Å²) in [5, 5.41) is 2.69. The molecule has 1 heterocycles. The van der Waals surface area contributed by atoms with E-state index < -0.39 is 11.9 Å². The lowest BCUT2D eigenvalue weighted by Gasteiger charge is -2.20. The number of carbonyl (C=O) groups is 2. The first kappa shape index (κ1) is 15.3. The third-order valence-corrected chi connectivity index (χ3v) is 4.94. The number of carbonyl (C=O) groups excluding carboxylic acids is 2. The predicted molar refractivity (Wildman–Crippen MR) is 85.4 cm³/mol. The Labute approximate surface area is 135 Å². The van der Waals surface area contributed by atoms with Crippen LogP contribution in [0.4, 0.5) is 14.2 Å². The van der Waals surface area contributed by atoms with Crippen LogP contribution in [0.3, 0.4) is 0 Å². The fourth-order valence-electron chi connectivity index (χ4n) is 2.88. The Morgan fingerprint density at radius 1 is 1.26 bits per heavy atom. The Bertz CT molecular complexity index is 832. The number of benzene rings is 1. The molecule has 23 heavy (non-hydrogen) atoms. The van der Waals surface area contributed by atoms with Gasteiger partial charge >= 0.3 is 6.03 Å². The van der Waals surface area contributed by atoms with Crippen molar-refractivity contribution in [3.8, 4) is 16.2 Å². The molecule has 0 saturated heterocycles. The molecule has 120 valence electrons. The van der Waals surface area contributed by atoms with Gasteiger partial charge in [0.05, 0.1) is 12.7 Å². The highest BCUT2D eigenvalue weighted by molar-refractivity contribution is 7.20. The number of ether oxygens (including phenoxy) is 1. The first-order valence-electron chi connectivity index (χ1n) is 6.81. The number of urea groups is 1. The molecule has 3 rings (SSSR count). The molecule has 0 radical (unpaired) electrons. The van der Waals surface area contributed by atoms with E-state index in [0.717, 1.165) is 11.3 Å². The summed E-state index contributed by atoms with van der Waals surface area (Å²) in [7, 11) is 1.49. The standard InChI is InChI=1S/C15H14FN3O3S/c1-22-9-5-4-8(16)6-2-3-7-11(13(17)20)14(19-15(18)21)23-12(7)10(6)9/h4-5H,2-3H2,1H3,(H2,17,20)(H3,18,19,21). The van der Waals surface area contributed by atoms with Crippen LogP contribution in [-0.4, -0.2) is 19.0 Å². The van der Waals surface area contributed by atoms with E-state index in [4.69, 9.17) is 16.2 Å². The summed E-state index contributed by atoms with van der Waals surface area (Å²) < 4.78 is 19.5. The Balaban J connectivity index is 2.29. The molecule has 1 aromatic carbocycles. The monoisotopic (exact) mass is 335 g/mol. The molecular weight excluding hydrogens is 321 g/mol. The van der Waals surface area contributed by atoms with Crippen LogP contribution in [0.5, 0.6) is 5.75 Å². The van der Waals surface area contributed by atoms with Gasteiger partial charge in [0.15, 0.2) is 0 Å². The molecule has 0 saturated carbocycles. The van der Waals surface area contributed by atoms with Crippen molar-refractivity contribution in [1.29, 1.82) is 0 Å². The van der Waals surface area contributed by atoms with Crippen molar-refractivity contribution in [2.24, 2.45) is 11.5 Å². The minimum Gasteiger partial charge on any atom is -0.496 e. The molecule has 6 nitrogen and oxygen atoms in total. The van der Waals surface area contributed by atoms with Gasteiger partial charge in [0.2, 0.25) is 0 Å². The summed E-state index contributed by atoms with van der Waals surface area (Å²) in [6.07, 6.45) is 0.861. The van der Waals surface area contributed by atoms with E-state index in [9.17, 15) is 14.0 Å². The second-order valence-corrected chi connectivity index (χ2v) is 6.09. The van der Waals surface area contributed by atoms with Gasteiger partial charge in [-0.2, -0.15) is 0 Å². The van der Waals surface area contributed by atoms with Gasteiger partial charge in [0.1, 0.15) is 16.6 Å². The van der Waals surface area contributed by atoms with Gasteiger partial charge in [-0.05, 0) is 30.5 Å². The summed E-state index contributed by atoms with van der Waals surface area (Å²) in [5.41, 5.74) is 12.6. The minimum absolute atomic E-state index is 0.223. The predicted octanol–water partition coefficient (Wildman–Crippen LogP) is 2.25. The Kier molecular flexibility index (Phi) is 3.69. The maximum absolute atomic E-state index is 14.1. The van der Waals surface area contributed by atoms with Gasteiger partial charge in [0, 0.05) is 16.0 Å². The number of halogens is 1. The highest BCUT2D eigenvalue weighted by Crippen LogP contribution is 2.48. The number of thiophene rings is 1. The summed E-state index contributed by atoms with van der Waals surface area (Å²) in [4.78, 5) is 23.6. The number of nitrogens with two attached hydrogens (primary N) is 2. The second-order valence-electron chi connectivity index (χ2n) is 5.07. The summed E-state index contributed by atoms with van der Waals surface area (Å²) in [6, 6.07) is 2.10. The summed E-state index contributed by atoms with van der Waals surface area (Å²) in [5.74, 6) is -0.486.